The fourth-order valence-electron chi connectivity index (χ4n) is 3.85. The zero-order chi connectivity index (χ0) is 16.0. The molecule has 0 saturated carbocycles. The SMILES string of the molecule is CC(C)(C)[C@H]1OCC[C@@H]1c1noc([C@@H]2CCn3cncc3C2)n1. The van der Waals surface area contributed by atoms with Crippen molar-refractivity contribution >= 4 is 0 Å². The van der Waals surface area contributed by atoms with Gasteiger partial charge in [0.2, 0.25) is 5.89 Å². The minimum Gasteiger partial charge on any atom is -0.377 e. The first kappa shape index (κ1) is 14.9. The number of fused-ring (bicyclic) bond motifs is 1. The van der Waals surface area contributed by atoms with Crippen molar-refractivity contribution in [3.05, 3.63) is 29.9 Å². The van der Waals surface area contributed by atoms with Crippen LogP contribution < -0.4 is 0 Å². The van der Waals surface area contributed by atoms with Gasteiger partial charge >= 0.3 is 0 Å². The molecule has 6 heteroatoms. The average molecular weight is 316 g/mol. The third kappa shape index (κ3) is 2.69. The Labute approximate surface area is 136 Å². The van der Waals surface area contributed by atoms with Crippen molar-refractivity contribution in [2.45, 2.75) is 64.5 Å². The fraction of sp³-hybridized carbons (Fsp3) is 0.706. The molecule has 4 heterocycles. The molecule has 0 aliphatic carbocycles. The van der Waals surface area contributed by atoms with Gasteiger partial charge in [0.25, 0.3) is 0 Å². The monoisotopic (exact) mass is 316 g/mol. The van der Waals surface area contributed by atoms with E-state index in [9.17, 15) is 0 Å². The van der Waals surface area contributed by atoms with E-state index in [0.717, 1.165) is 44.1 Å². The average Bonchev–Trinajstić information content (AvgIpc) is 3.24. The lowest BCUT2D eigenvalue weighted by atomic mass is 9.81. The van der Waals surface area contributed by atoms with Gasteiger partial charge in [-0.3, -0.25) is 0 Å². The Morgan fingerprint density at radius 1 is 1.26 bits per heavy atom. The molecule has 3 atom stereocenters. The Balaban J connectivity index is 1.53. The molecule has 0 unspecified atom stereocenters. The van der Waals surface area contributed by atoms with E-state index >= 15 is 0 Å². The number of nitrogens with zero attached hydrogens (tertiary/aromatic N) is 4. The highest BCUT2D eigenvalue weighted by Gasteiger charge is 2.41. The summed E-state index contributed by atoms with van der Waals surface area (Å²) in [5, 5.41) is 4.29. The molecule has 1 saturated heterocycles. The van der Waals surface area contributed by atoms with Crippen molar-refractivity contribution in [3.63, 3.8) is 0 Å². The Bertz CT molecular complexity index is 685. The van der Waals surface area contributed by atoms with Crippen molar-refractivity contribution in [3.8, 4) is 0 Å². The van der Waals surface area contributed by atoms with Gasteiger partial charge in [0.05, 0.1) is 18.3 Å². The number of rotatable bonds is 2. The maximum Gasteiger partial charge on any atom is 0.230 e. The molecular weight excluding hydrogens is 292 g/mol. The fourth-order valence-corrected chi connectivity index (χ4v) is 3.85. The molecule has 124 valence electrons. The van der Waals surface area contributed by atoms with Crippen molar-refractivity contribution in [1.29, 1.82) is 0 Å². The van der Waals surface area contributed by atoms with Crippen LogP contribution in [0.4, 0.5) is 0 Å². The summed E-state index contributed by atoms with van der Waals surface area (Å²) in [5.74, 6) is 2.13. The Morgan fingerprint density at radius 2 is 2.13 bits per heavy atom. The summed E-state index contributed by atoms with van der Waals surface area (Å²) in [5.41, 5.74) is 1.33. The Hall–Kier alpha value is -1.69. The Morgan fingerprint density at radius 3 is 2.96 bits per heavy atom. The predicted octanol–water partition coefficient (Wildman–Crippen LogP) is 2.91. The first-order valence-electron chi connectivity index (χ1n) is 8.46. The number of imidazole rings is 1. The van der Waals surface area contributed by atoms with Gasteiger partial charge in [-0.15, -0.1) is 0 Å². The smallest absolute Gasteiger partial charge is 0.230 e. The van der Waals surface area contributed by atoms with E-state index < -0.39 is 0 Å². The van der Waals surface area contributed by atoms with Crippen LogP contribution in [0.1, 0.15) is 62.9 Å². The second-order valence-corrected chi connectivity index (χ2v) is 7.81. The molecule has 0 bridgehead atoms. The highest BCUT2D eigenvalue weighted by molar-refractivity contribution is 5.11. The molecule has 23 heavy (non-hydrogen) atoms. The third-order valence-electron chi connectivity index (χ3n) is 5.06. The second-order valence-electron chi connectivity index (χ2n) is 7.81. The lowest BCUT2D eigenvalue weighted by molar-refractivity contribution is 0.0193. The van der Waals surface area contributed by atoms with E-state index in [4.69, 9.17) is 14.2 Å². The van der Waals surface area contributed by atoms with Crippen molar-refractivity contribution < 1.29 is 9.26 Å². The molecule has 0 spiro atoms. The molecule has 4 rings (SSSR count). The molecule has 1 fully saturated rings. The summed E-state index contributed by atoms with van der Waals surface area (Å²) in [6, 6.07) is 0. The van der Waals surface area contributed by atoms with E-state index in [1.807, 2.05) is 12.5 Å². The normalized spacial score (nSPS) is 28.0. The highest BCUT2D eigenvalue weighted by atomic mass is 16.5. The van der Waals surface area contributed by atoms with E-state index in [1.165, 1.54) is 5.69 Å². The van der Waals surface area contributed by atoms with Crippen LogP contribution in [0, 0.1) is 5.41 Å². The maximum atomic E-state index is 5.94. The minimum absolute atomic E-state index is 0.0826. The second kappa shape index (κ2) is 5.44. The van der Waals surface area contributed by atoms with E-state index in [-0.39, 0.29) is 17.4 Å². The predicted molar refractivity (Wildman–Crippen MR) is 84.1 cm³/mol. The zero-order valence-corrected chi connectivity index (χ0v) is 14.0. The summed E-state index contributed by atoms with van der Waals surface area (Å²) in [6.07, 6.45) is 6.90. The van der Waals surface area contributed by atoms with Crippen molar-refractivity contribution in [2.24, 2.45) is 5.41 Å². The standard InChI is InChI=1S/C17H24N4O2/c1-17(2,3)14-13(5-7-22-14)15-19-16(23-20-15)11-4-6-21-10-18-9-12(21)8-11/h9-11,13-14H,4-8H2,1-3H3/t11-,13+,14+/m1/s1. The Kier molecular flexibility index (Phi) is 3.52. The van der Waals surface area contributed by atoms with Gasteiger partial charge < -0.3 is 13.8 Å². The molecule has 2 aromatic rings. The van der Waals surface area contributed by atoms with Crippen LogP contribution in [0.25, 0.3) is 0 Å². The molecule has 2 aliphatic rings. The van der Waals surface area contributed by atoms with Crippen molar-refractivity contribution in [1.82, 2.24) is 19.7 Å². The summed E-state index contributed by atoms with van der Waals surface area (Å²) in [7, 11) is 0. The van der Waals surface area contributed by atoms with Gasteiger partial charge in [0.15, 0.2) is 5.82 Å². The van der Waals surface area contributed by atoms with Gasteiger partial charge in [0, 0.05) is 37.4 Å². The largest absolute Gasteiger partial charge is 0.377 e. The molecule has 0 radical (unpaired) electrons. The topological polar surface area (TPSA) is 66.0 Å². The quantitative estimate of drug-likeness (QED) is 0.852. The van der Waals surface area contributed by atoms with E-state index in [1.54, 1.807) is 0 Å². The van der Waals surface area contributed by atoms with Crippen LogP contribution in [0.5, 0.6) is 0 Å². The number of aryl methyl sites for hydroxylation is 1. The van der Waals surface area contributed by atoms with E-state index in [2.05, 4.69) is 35.5 Å². The van der Waals surface area contributed by atoms with Gasteiger partial charge in [-0.05, 0) is 18.3 Å². The van der Waals surface area contributed by atoms with Gasteiger partial charge in [-0.1, -0.05) is 25.9 Å². The molecule has 2 aromatic heterocycles. The van der Waals surface area contributed by atoms with Crippen LogP contribution >= 0.6 is 0 Å². The van der Waals surface area contributed by atoms with Crippen LogP contribution in [-0.4, -0.2) is 32.4 Å². The molecule has 0 amide bonds. The molecule has 2 aliphatic heterocycles. The summed E-state index contributed by atoms with van der Waals surface area (Å²) in [4.78, 5) is 8.97. The number of hydrogen-bond donors (Lipinski definition) is 0. The third-order valence-corrected chi connectivity index (χ3v) is 5.06. The summed E-state index contributed by atoms with van der Waals surface area (Å²) in [6.45, 7) is 8.37. The van der Waals surface area contributed by atoms with Crippen LogP contribution in [-0.2, 0) is 17.7 Å². The van der Waals surface area contributed by atoms with Crippen LogP contribution in [0.2, 0.25) is 0 Å². The number of aromatic nitrogens is 4. The van der Waals surface area contributed by atoms with Crippen LogP contribution in [0.15, 0.2) is 17.0 Å². The van der Waals surface area contributed by atoms with Crippen LogP contribution in [0.3, 0.4) is 0 Å². The first-order chi connectivity index (χ1) is 11.0. The lowest BCUT2D eigenvalue weighted by Crippen LogP contribution is -2.30. The molecular formula is C17H24N4O2. The summed E-state index contributed by atoms with van der Waals surface area (Å²) < 4.78 is 13.8. The summed E-state index contributed by atoms with van der Waals surface area (Å²) >= 11 is 0. The number of hydrogen-bond acceptors (Lipinski definition) is 5. The first-order valence-corrected chi connectivity index (χ1v) is 8.46. The lowest BCUT2D eigenvalue weighted by Gasteiger charge is -2.29. The number of ether oxygens (including phenoxy) is 1. The highest BCUT2D eigenvalue weighted by Crippen LogP contribution is 2.40. The van der Waals surface area contributed by atoms with Crippen molar-refractivity contribution in [2.75, 3.05) is 6.61 Å². The maximum absolute atomic E-state index is 5.94. The zero-order valence-electron chi connectivity index (χ0n) is 14.0. The van der Waals surface area contributed by atoms with Gasteiger partial charge in [-0.25, -0.2) is 4.98 Å². The molecule has 0 N–H and O–H groups in total. The van der Waals surface area contributed by atoms with Gasteiger partial charge in [-0.2, -0.15) is 4.98 Å². The molecule has 0 aromatic carbocycles. The minimum atomic E-state index is 0.0826. The van der Waals surface area contributed by atoms with E-state index in [0.29, 0.717) is 5.92 Å². The molecule has 6 nitrogen and oxygen atoms in total. The van der Waals surface area contributed by atoms with Gasteiger partial charge in [0.1, 0.15) is 0 Å².